The first-order valence-corrected chi connectivity index (χ1v) is 6.80. The van der Waals surface area contributed by atoms with Gasteiger partial charge in [0.15, 0.2) is 0 Å². The van der Waals surface area contributed by atoms with Crippen LogP contribution in [0.4, 0.5) is 0 Å². The molecular weight excluding hydrogens is 240 g/mol. The predicted molar refractivity (Wildman–Crippen MR) is 75.7 cm³/mol. The summed E-state index contributed by atoms with van der Waals surface area (Å²) in [6.07, 6.45) is 1.74. The number of likely N-dealkylation sites (N-methyl/N-ethyl adjacent to an activating group) is 1. The van der Waals surface area contributed by atoms with Gasteiger partial charge in [-0.2, -0.15) is 0 Å². The van der Waals surface area contributed by atoms with Gasteiger partial charge in [-0.3, -0.25) is 9.59 Å². The number of rotatable bonds is 6. The van der Waals surface area contributed by atoms with Crippen LogP contribution in [0.3, 0.4) is 0 Å². The molecule has 1 N–H and O–H groups in total. The van der Waals surface area contributed by atoms with Crippen molar-refractivity contribution in [3.05, 3.63) is 35.9 Å². The third-order valence-electron chi connectivity index (χ3n) is 3.02. The highest BCUT2D eigenvalue weighted by atomic mass is 16.2. The van der Waals surface area contributed by atoms with Gasteiger partial charge in [-0.25, -0.2) is 0 Å². The van der Waals surface area contributed by atoms with Gasteiger partial charge in [0, 0.05) is 19.6 Å². The van der Waals surface area contributed by atoms with E-state index in [-0.39, 0.29) is 0 Å². The monoisotopic (exact) mass is 262 g/mol. The molecular formula is C15H22N2O2. The zero-order chi connectivity index (χ0) is 14.1. The summed E-state index contributed by atoms with van der Waals surface area (Å²) in [6.45, 7) is 5.38. The fourth-order valence-corrected chi connectivity index (χ4v) is 1.87. The average Bonchev–Trinajstić information content (AvgIpc) is 2.45. The van der Waals surface area contributed by atoms with E-state index >= 15 is 0 Å². The third kappa shape index (κ3) is 5.12. The van der Waals surface area contributed by atoms with Crippen LogP contribution in [0.2, 0.25) is 0 Å². The van der Waals surface area contributed by atoms with Crippen molar-refractivity contribution in [2.45, 2.75) is 26.7 Å². The Morgan fingerprint density at radius 2 is 1.74 bits per heavy atom. The summed E-state index contributed by atoms with van der Waals surface area (Å²) in [5, 5.41) is 2.67. The number of amides is 2. The van der Waals surface area contributed by atoms with Gasteiger partial charge in [0.2, 0.25) is 0 Å². The molecule has 0 unspecified atom stereocenters. The van der Waals surface area contributed by atoms with E-state index in [0.29, 0.717) is 19.6 Å². The van der Waals surface area contributed by atoms with Gasteiger partial charge in [0.1, 0.15) is 0 Å². The van der Waals surface area contributed by atoms with Crippen LogP contribution in [0, 0.1) is 0 Å². The Kier molecular flexibility index (Phi) is 6.64. The minimum Gasteiger partial charge on any atom is -0.348 e. The fraction of sp³-hybridized carbons (Fsp3) is 0.467. The molecule has 0 radical (unpaired) electrons. The molecule has 2 amide bonds. The molecule has 0 bridgehead atoms. The van der Waals surface area contributed by atoms with Crippen LogP contribution in [0.1, 0.15) is 25.8 Å². The largest absolute Gasteiger partial charge is 0.348 e. The number of carbonyl (C=O) groups is 2. The van der Waals surface area contributed by atoms with Gasteiger partial charge < -0.3 is 10.2 Å². The maximum absolute atomic E-state index is 11.7. The standard InChI is InChI=1S/C15H22N2O2/c1-3-17(4-2)15(19)14(18)16-12-8-11-13-9-6-5-7-10-13/h5-7,9-10H,3-4,8,11-12H2,1-2H3,(H,16,18). The first-order valence-electron chi connectivity index (χ1n) is 6.80. The van der Waals surface area contributed by atoms with Crippen LogP contribution in [-0.2, 0) is 16.0 Å². The summed E-state index contributed by atoms with van der Waals surface area (Å²) >= 11 is 0. The highest BCUT2D eigenvalue weighted by Crippen LogP contribution is 2.01. The van der Waals surface area contributed by atoms with E-state index < -0.39 is 11.8 Å². The van der Waals surface area contributed by atoms with Crippen LogP contribution >= 0.6 is 0 Å². The molecule has 0 saturated carbocycles. The molecule has 0 atom stereocenters. The van der Waals surface area contributed by atoms with Gasteiger partial charge in [0.05, 0.1) is 0 Å². The van der Waals surface area contributed by atoms with Crippen LogP contribution in [0.5, 0.6) is 0 Å². The number of aryl methyl sites for hydroxylation is 1. The number of hydrogen-bond donors (Lipinski definition) is 1. The predicted octanol–water partition coefficient (Wildman–Crippen LogP) is 1.60. The molecule has 1 aromatic carbocycles. The Labute approximate surface area is 114 Å². The quantitative estimate of drug-likeness (QED) is 0.625. The lowest BCUT2D eigenvalue weighted by Gasteiger charge is -2.17. The highest BCUT2D eigenvalue weighted by Gasteiger charge is 2.18. The topological polar surface area (TPSA) is 49.4 Å². The van der Waals surface area contributed by atoms with Crippen LogP contribution < -0.4 is 5.32 Å². The second-order valence-corrected chi connectivity index (χ2v) is 4.32. The minimum absolute atomic E-state index is 0.440. The van der Waals surface area contributed by atoms with Crippen molar-refractivity contribution >= 4 is 11.8 Å². The Hall–Kier alpha value is -1.84. The van der Waals surface area contributed by atoms with Crippen molar-refractivity contribution < 1.29 is 9.59 Å². The molecule has 0 fully saturated rings. The molecule has 0 aliphatic rings. The van der Waals surface area contributed by atoms with E-state index in [1.165, 1.54) is 10.5 Å². The second-order valence-electron chi connectivity index (χ2n) is 4.32. The van der Waals surface area contributed by atoms with E-state index in [2.05, 4.69) is 17.4 Å². The van der Waals surface area contributed by atoms with Crippen LogP contribution in [0.25, 0.3) is 0 Å². The molecule has 0 aliphatic heterocycles. The van der Waals surface area contributed by atoms with Crippen molar-refractivity contribution in [3.63, 3.8) is 0 Å². The summed E-state index contributed by atoms with van der Waals surface area (Å²) in [7, 11) is 0. The second kappa shape index (κ2) is 8.29. The summed E-state index contributed by atoms with van der Waals surface area (Å²) in [5.74, 6) is -0.943. The maximum Gasteiger partial charge on any atom is 0.311 e. The van der Waals surface area contributed by atoms with Gasteiger partial charge >= 0.3 is 11.8 Å². The highest BCUT2D eigenvalue weighted by molar-refractivity contribution is 6.34. The third-order valence-corrected chi connectivity index (χ3v) is 3.02. The SMILES string of the molecule is CCN(CC)C(=O)C(=O)NCCCc1ccccc1. The number of nitrogens with one attached hydrogen (secondary N) is 1. The molecule has 4 heteroatoms. The van der Waals surface area contributed by atoms with Crippen molar-refractivity contribution in [2.75, 3.05) is 19.6 Å². The molecule has 104 valence electrons. The molecule has 19 heavy (non-hydrogen) atoms. The Balaban J connectivity index is 2.25. The molecule has 4 nitrogen and oxygen atoms in total. The fourth-order valence-electron chi connectivity index (χ4n) is 1.87. The first kappa shape index (κ1) is 15.2. The molecule has 0 spiro atoms. The van der Waals surface area contributed by atoms with Crippen molar-refractivity contribution in [1.29, 1.82) is 0 Å². The molecule has 0 aliphatic carbocycles. The smallest absolute Gasteiger partial charge is 0.311 e. The summed E-state index contributed by atoms with van der Waals surface area (Å²) in [6, 6.07) is 10.1. The summed E-state index contributed by atoms with van der Waals surface area (Å²) in [4.78, 5) is 24.8. The zero-order valence-electron chi connectivity index (χ0n) is 11.7. The van der Waals surface area contributed by atoms with Gasteiger partial charge in [-0.15, -0.1) is 0 Å². The van der Waals surface area contributed by atoms with Crippen LogP contribution in [-0.4, -0.2) is 36.3 Å². The van der Waals surface area contributed by atoms with E-state index in [1.807, 2.05) is 32.0 Å². The maximum atomic E-state index is 11.7. The normalized spacial score (nSPS) is 10.0. The molecule has 0 heterocycles. The van der Waals surface area contributed by atoms with Crippen molar-refractivity contribution in [1.82, 2.24) is 10.2 Å². The molecule has 1 rings (SSSR count). The van der Waals surface area contributed by atoms with Gasteiger partial charge in [-0.05, 0) is 32.3 Å². The average molecular weight is 262 g/mol. The zero-order valence-corrected chi connectivity index (χ0v) is 11.7. The lowest BCUT2D eigenvalue weighted by Crippen LogP contribution is -2.43. The van der Waals surface area contributed by atoms with Crippen LogP contribution in [0.15, 0.2) is 30.3 Å². The lowest BCUT2D eigenvalue weighted by molar-refractivity contribution is -0.145. The summed E-state index contributed by atoms with van der Waals surface area (Å²) in [5.41, 5.74) is 1.24. The number of nitrogens with zero attached hydrogens (tertiary/aromatic N) is 1. The van der Waals surface area contributed by atoms with Gasteiger partial charge in [0.25, 0.3) is 0 Å². The minimum atomic E-state index is -0.503. The Morgan fingerprint density at radius 1 is 1.11 bits per heavy atom. The Bertz CT molecular complexity index is 400. The Morgan fingerprint density at radius 3 is 2.32 bits per heavy atom. The first-order chi connectivity index (χ1) is 9.19. The lowest BCUT2D eigenvalue weighted by atomic mass is 10.1. The van der Waals surface area contributed by atoms with Crippen molar-refractivity contribution in [2.24, 2.45) is 0 Å². The molecule has 1 aromatic rings. The molecule has 0 aromatic heterocycles. The molecule has 0 saturated heterocycles. The summed E-state index contributed by atoms with van der Waals surface area (Å²) < 4.78 is 0. The van der Waals surface area contributed by atoms with E-state index in [0.717, 1.165) is 12.8 Å². The van der Waals surface area contributed by atoms with E-state index in [1.54, 1.807) is 0 Å². The number of hydrogen-bond acceptors (Lipinski definition) is 2. The van der Waals surface area contributed by atoms with E-state index in [4.69, 9.17) is 0 Å². The van der Waals surface area contributed by atoms with Crippen molar-refractivity contribution in [3.8, 4) is 0 Å². The van der Waals surface area contributed by atoms with E-state index in [9.17, 15) is 9.59 Å². The number of carbonyl (C=O) groups excluding carboxylic acids is 2. The van der Waals surface area contributed by atoms with Gasteiger partial charge in [-0.1, -0.05) is 30.3 Å². The number of benzene rings is 1.